The Labute approximate surface area is 172 Å². The molecule has 7 heteroatoms. The highest BCUT2D eigenvalue weighted by Crippen LogP contribution is 2.44. The molecule has 0 saturated carbocycles. The molecule has 2 heterocycles. The fourth-order valence-corrected chi connectivity index (χ4v) is 4.59. The summed E-state index contributed by atoms with van der Waals surface area (Å²) in [5, 5.41) is 11.0. The van der Waals surface area contributed by atoms with Crippen molar-refractivity contribution in [3.05, 3.63) is 64.9 Å². The predicted octanol–water partition coefficient (Wildman–Crippen LogP) is 4.49. The molecule has 0 bridgehead atoms. The van der Waals surface area contributed by atoms with Gasteiger partial charge in [0.25, 0.3) is 5.91 Å². The Hall–Kier alpha value is -3.19. The van der Waals surface area contributed by atoms with Crippen LogP contribution in [0.4, 0.5) is 5.13 Å². The van der Waals surface area contributed by atoms with Gasteiger partial charge in [0.15, 0.2) is 16.7 Å². The summed E-state index contributed by atoms with van der Waals surface area (Å²) < 4.78 is 6.15. The molecule has 0 spiro atoms. The molecule has 1 N–H and O–H groups in total. The minimum Gasteiger partial charge on any atom is -0.503 e. The number of anilines is 1. The number of benzene rings is 2. The monoisotopic (exact) mass is 408 g/mol. The molecule has 4 rings (SSSR count). The number of methoxy groups -OCH3 is 1. The molecule has 0 radical (unpaired) electrons. The van der Waals surface area contributed by atoms with Crippen LogP contribution in [-0.2, 0) is 9.59 Å². The number of thiazole rings is 1. The number of aliphatic hydroxyl groups is 1. The number of carbonyl (C=O) groups is 2. The normalized spacial score (nSPS) is 16.7. The fraction of sp³-hybridized carbons (Fsp3) is 0.227. The van der Waals surface area contributed by atoms with Crippen LogP contribution in [0.3, 0.4) is 0 Å². The molecule has 0 aliphatic carbocycles. The number of amides is 1. The molecule has 1 aliphatic rings. The molecule has 1 atom stereocenters. The van der Waals surface area contributed by atoms with Crippen LogP contribution in [0.1, 0.15) is 30.5 Å². The molecule has 3 aromatic rings. The van der Waals surface area contributed by atoms with Crippen molar-refractivity contribution in [2.45, 2.75) is 26.3 Å². The maximum atomic E-state index is 13.0. The van der Waals surface area contributed by atoms with Gasteiger partial charge < -0.3 is 9.84 Å². The lowest BCUT2D eigenvalue weighted by Crippen LogP contribution is -2.30. The van der Waals surface area contributed by atoms with Crippen molar-refractivity contribution in [2.24, 2.45) is 0 Å². The van der Waals surface area contributed by atoms with Crippen LogP contribution in [0.5, 0.6) is 5.75 Å². The zero-order valence-corrected chi connectivity index (χ0v) is 17.1. The fourth-order valence-electron chi connectivity index (χ4n) is 3.50. The third-order valence-corrected chi connectivity index (χ3v) is 6.02. The number of carbonyl (C=O) groups excluding carboxylic acids is 2. The van der Waals surface area contributed by atoms with Crippen LogP contribution >= 0.6 is 11.3 Å². The summed E-state index contributed by atoms with van der Waals surface area (Å²) in [6.07, 6.45) is 0.187. The number of aromatic nitrogens is 1. The number of nitrogens with zero attached hydrogens (tertiary/aromatic N) is 2. The van der Waals surface area contributed by atoms with Gasteiger partial charge in [-0.25, -0.2) is 4.98 Å². The van der Waals surface area contributed by atoms with Gasteiger partial charge in [-0.1, -0.05) is 36.5 Å². The van der Waals surface area contributed by atoms with Gasteiger partial charge in [0.05, 0.1) is 28.9 Å². The molecule has 0 saturated heterocycles. The van der Waals surface area contributed by atoms with E-state index >= 15 is 0 Å². The van der Waals surface area contributed by atoms with Crippen LogP contribution in [0.25, 0.3) is 10.2 Å². The van der Waals surface area contributed by atoms with Crippen LogP contribution in [0, 0.1) is 6.92 Å². The van der Waals surface area contributed by atoms with Crippen molar-refractivity contribution in [3.63, 3.8) is 0 Å². The largest absolute Gasteiger partial charge is 0.503 e. The van der Waals surface area contributed by atoms with E-state index in [1.54, 1.807) is 38.3 Å². The van der Waals surface area contributed by atoms with Gasteiger partial charge in [0.2, 0.25) is 0 Å². The minimum atomic E-state index is -0.734. The number of Topliss-reactive ketones (excluding diaryl/α,β-unsaturated/α-hetero) is 1. The quantitative estimate of drug-likeness (QED) is 0.673. The number of aryl methyl sites for hydroxylation is 1. The second-order valence-electron chi connectivity index (χ2n) is 6.86. The third kappa shape index (κ3) is 3.17. The number of rotatable bonds is 5. The Kier molecular flexibility index (Phi) is 4.84. The first-order valence-electron chi connectivity index (χ1n) is 9.25. The van der Waals surface area contributed by atoms with E-state index < -0.39 is 17.7 Å². The third-order valence-electron chi connectivity index (χ3n) is 5.00. The van der Waals surface area contributed by atoms with E-state index in [-0.39, 0.29) is 17.8 Å². The lowest BCUT2D eigenvalue weighted by Gasteiger charge is -2.24. The molecule has 2 aromatic carbocycles. The number of hydrogen-bond donors (Lipinski definition) is 1. The van der Waals surface area contributed by atoms with E-state index in [2.05, 4.69) is 4.98 Å². The van der Waals surface area contributed by atoms with Crippen molar-refractivity contribution < 1.29 is 19.4 Å². The van der Waals surface area contributed by atoms with Gasteiger partial charge >= 0.3 is 0 Å². The minimum absolute atomic E-state index is 0.109. The lowest BCUT2D eigenvalue weighted by molar-refractivity contribution is -0.118. The number of ether oxygens (including phenoxy) is 1. The molecule has 1 aromatic heterocycles. The van der Waals surface area contributed by atoms with Gasteiger partial charge in [-0.3, -0.25) is 14.5 Å². The zero-order valence-electron chi connectivity index (χ0n) is 16.3. The first-order chi connectivity index (χ1) is 13.9. The first kappa shape index (κ1) is 19.1. The van der Waals surface area contributed by atoms with Gasteiger partial charge in [0, 0.05) is 6.42 Å². The summed E-state index contributed by atoms with van der Waals surface area (Å²) in [6.45, 7) is 3.70. The number of ketones is 1. The van der Waals surface area contributed by atoms with E-state index in [0.717, 1.165) is 15.8 Å². The maximum absolute atomic E-state index is 13.0. The predicted molar refractivity (Wildman–Crippen MR) is 113 cm³/mol. The number of fused-ring (bicyclic) bond motifs is 1. The summed E-state index contributed by atoms with van der Waals surface area (Å²) in [7, 11) is 1.57. The van der Waals surface area contributed by atoms with E-state index in [4.69, 9.17) is 4.74 Å². The standard InChI is InChI=1S/C22H20N2O4S/c1-4-16(25)18-19(13-6-8-14(28-3)9-7-13)24(21(27)20(18)26)22-23-15-10-5-12(2)11-17(15)29-22/h5-11,19,26H,4H2,1-3H3. The van der Waals surface area contributed by atoms with Crippen LogP contribution < -0.4 is 9.64 Å². The van der Waals surface area contributed by atoms with E-state index in [1.165, 1.54) is 16.2 Å². The summed E-state index contributed by atoms with van der Waals surface area (Å²) in [5.41, 5.74) is 2.68. The maximum Gasteiger partial charge on any atom is 0.296 e. The SMILES string of the molecule is CCC(=O)C1=C(O)C(=O)N(c2nc3ccc(C)cc3s2)C1c1ccc(OC)cc1. The van der Waals surface area contributed by atoms with E-state index in [1.807, 2.05) is 25.1 Å². The number of aliphatic hydroxyl groups excluding tert-OH is 1. The Balaban J connectivity index is 1.87. The number of hydrogen-bond acceptors (Lipinski definition) is 6. The second kappa shape index (κ2) is 7.33. The molecule has 1 aliphatic heterocycles. The smallest absolute Gasteiger partial charge is 0.296 e. The van der Waals surface area contributed by atoms with Gasteiger partial charge in [-0.2, -0.15) is 0 Å². The molecule has 0 fully saturated rings. The summed E-state index contributed by atoms with van der Waals surface area (Å²) >= 11 is 1.36. The average molecular weight is 408 g/mol. The second-order valence-corrected chi connectivity index (χ2v) is 7.87. The highest BCUT2D eigenvalue weighted by molar-refractivity contribution is 7.22. The topological polar surface area (TPSA) is 79.7 Å². The van der Waals surface area contributed by atoms with Crippen molar-refractivity contribution in [1.82, 2.24) is 4.98 Å². The Bertz CT molecular complexity index is 1150. The summed E-state index contributed by atoms with van der Waals surface area (Å²) in [5.74, 6) is -0.723. The Morgan fingerprint density at radius 3 is 2.62 bits per heavy atom. The highest BCUT2D eigenvalue weighted by Gasteiger charge is 2.45. The zero-order chi connectivity index (χ0) is 20.7. The summed E-state index contributed by atoms with van der Waals surface area (Å²) in [4.78, 5) is 31.6. The van der Waals surface area contributed by atoms with Crippen molar-refractivity contribution in [3.8, 4) is 5.75 Å². The van der Waals surface area contributed by atoms with Crippen molar-refractivity contribution in [1.29, 1.82) is 0 Å². The first-order valence-corrected chi connectivity index (χ1v) is 10.1. The average Bonchev–Trinajstić information content (AvgIpc) is 3.25. The van der Waals surface area contributed by atoms with Crippen molar-refractivity contribution in [2.75, 3.05) is 12.0 Å². The molecule has 6 nitrogen and oxygen atoms in total. The van der Waals surface area contributed by atoms with E-state index in [0.29, 0.717) is 16.4 Å². The van der Waals surface area contributed by atoms with E-state index in [9.17, 15) is 14.7 Å². The molecular formula is C22H20N2O4S. The van der Waals surface area contributed by atoms with Crippen LogP contribution in [0.15, 0.2) is 53.8 Å². The molecule has 29 heavy (non-hydrogen) atoms. The molecule has 148 valence electrons. The Morgan fingerprint density at radius 1 is 1.24 bits per heavy atom. The van der Waals surface area contributed by atoms with Gasteiger partial charge in [0.1, 0.15) is 5.75 Å². The molecule has 1 unspecified atom stereocenters. The molecule has 1 amide bonds. The molecular weight excluding hydrogens is 388 g/mol. The highest BCUT2D eigenvalue weighted by atomic mass is 32.1. The van der Waals surface area contributed by atoms with Gasteiger partial charge in [-0.15, -0.1) is 0 Å². The Morgan fingerprint density at radius 2 is 1.97 bits per heavy atom. The van der Waals surface area contributed by atoms with Crippen LogP contribution in [0.2, 0.25) is 0 Å². The van der Waals surface area contributed by atoms with Crippen molar-refractivity contribution >= 4 is 38.4 Å². The van der Waals surface area contributed by atoms with Crippen LogP contribution in [-0.4, -0.2) is 28.9 Å². The van der Waals surface area contributed by atoms with Gasteiger partial charge in [-0.05, 0) is 42.3 Å². The lowest BCUT2D eigenvalue weighted by atomic mass is 9.95. The summed E-state index contributed by atoms with van der Waals surface area (Å²) in [6, 6.07) is 12.3.